The number of furan rings is 1. The Morgan fingerprint density at radius 3 is 2.45 bits per heavy atom. The molecule has 5 nitrogen and oxygen atoms in total. The zero-order valence-electron chi connectivity index (χ0n) is 16.6. The van der Waals surface area contributed by atoms with Crippen molar-refractivity contribution >= 4 is 29.9 Å². The van der Waals surface area contributed by atoms with E-state index in [9.17, 15) is 4.79 Å². The first-order valence-electron chi connectivity index (χ1n) is 10.1. The number of amides is 1. The second-order valence-electron chi connectivity index (χ2n) is 8.03. The van der Waals surface area contributed by atoms with E-state index in [1.165, 1.54) is 5.56 Å². The number of hydrogen-bond donors (Lipinski definition) is 1. The number of carbonyl (C=O) groups excluding carboxylic acids is 1. The van der Waals surface area contributed by atoms with Crippen LogP contribution in [-0.4, -0.2) is 54.5 Å². The largest absolute Gasteiger partial charge is 0.459 e. The second kappa shape index (κ2) is 9.52. The first-order valence-corrected chi connectivity index (χ1v) is 10.5. The third-order valence-electron chi connectivity index (χ3n) is 6.59. The van der Waals surface area contributed by atoms with E-state index >= 15 is 0 Å². The molecule has 0 spiro atoms. The minimum absolute atomic E-state index is 0. The smallest absolute Gasteiger partial charge is 0.289 e. The molecular weight excluding hydrogens is 409 g/mol. The molecule has 2 N–H and O–H groups in total. The molecule has 0 unspecified atom stereocenters. The Labute approximate surface area is 183 Å². The maximum Gasteiger partial charge on any atom is 0.289 e. The van der Waals surface area contributed by atoms with Gasteiger partial charge in [-0.3, -0.25) is 9.69 Å². The van der Waals surface area contributed by atoms with Gasteiger partial charge in [-0.25, -0.2) is 0 Å². The number of benzene rings is 1. The lowest BCUT2D eigenvalue weighted by Gasteiger charge is -2.45. The summed E-state index contributed by atoms with van der Waals surface area (Å²) in [5, 5.41) is 0.782. The molecule has 4 rings (SSSR count). The lowest BCUT2D eigenvalue weighted by atomic mass is 9.68. The van der Waals surface area contributed by atoms with Crippen molar-refractivity contribution in [2.24, 2.45) is 5.73 Å². The zero-order valence-corrected chi connectivity index (χ0v) is 18.1. The number of hydrogen-bond acceptors (Lipinski definition) is 4. The van der Waals surface area contributed by atoms with E-state index in [0.717, 1.165) is 56.9 Å². The summed E-state index contributed by atoms with van der Waals surface area (Å²) in [4.78, 5) is 16.9. The van der Waals surface area contributed by atoms with Gasteiger partial charge in [0.2, 0.25) is 0 Å². The quantitative estimate of drug-likeness (QED) is 0.785. The van der Waals surface area contributed by atoms with Crippen molar-refractivity contribution in [2.75, 3.05) is 32.7 Å². The van der Waals surface area contributed by atoms with E-state index in [-0.39, 0.29) is 23.7 Å². The minimum Gasteiger partial charge on any atom is -0.459 e. The van der Waals surface area contributed by atoms with Crippen LogP contribution in [0.1, 0.15) is 41.8 Å². The summed E-state index contributed by atoms with van der Waals surface area (Å²) >= 11 is 6.22. The lowest BCUT2D eigenvalue weighted by Crippen LogP contribution is -2.54. The van der Waals surface area contributed by atoms with Crippen molar-refractivity contribution < 1.29 is 9.21 Å². The van der Waals surface area contributed by atoms with Gasteiger partial charge >= 0.3 is 0 Å². The van der Waals surface area contributed by atoms with Gasteiger partial charge in [-0.1, -0.05) is 23.7 Å². The third kappa shape index (κ3) is 4.64. The van der Waals surface area contributed by atoms with Crippen LogP contribution in [0, 0.1) is 0 Å². The van der Waals surface area contributed by atoms with Crippen molar-refractivity contribution in [3.05, 3.63) is 59.0 Å². The molecule has 0 radical (unpaired) electrons. The molecule has 1 aliphatic carbocycles. The van der Waals surface area contributed by atoms with Gasteiger partial charge in [0, 0.05) is 49.2 Å². The molecule has 1 saturated carbocycles. The molecule has 2 aromatic rings. The molecule has 2 fully saturated rings. The van der Waals surface area contributed by atoms with Gasteiger partial charge in [0.25, 0.3) is 5.91 Å². The summed E-state index contributed by atoms with van der Waals surface area (Å²) in [6.45, 7) is 4.01. The average Bonchev–Trinajstić information content (AvgIpc) is 3.28. The molecule has 0 atom stereocenters. The predicted molar refractivity (Wildman–Crippen MR) is 118 cm³/mol. The highest BCUT2D eigenvalue weighted by atomic mass is 35.5. The maximum atomic E-state index is 12.4. The highest BCUT2D eigenvalue weighted by molar-refractivity contribution is 6.30. The highest BCUT2D eigenvalue weighted by Gasteiger charge is 2.38. The normalized spacial score (nSPS) is 25.4. The van der Waals surface area contributed by atoms with Gasteiger partial charge in [0.1, 0.15) is 0 Å². The standard InChI is InChI=1S/C22H28ClN3O2.ClH/c23-18-4-1-3-17(15-18)22(16-24)8-6-19(7-9-22)25-10-12-26(13-11-25)21(27)20-5-2-14-28-20;/h1-5,14-15,19H,6-13,16,24H2;1H. The molecule has 7 heteroatoms. The summed E-state index contributed by atoms with van der Waals surface area (Å²) in [6, 6.07) is 12.2. The molecule has 2 aliphatic rings. The molecule has 0 bridgehead atoms. The van der Waals surface area contributed by atoms with Gasteiger partial charge < -0.3 is 15.1 Å². The van der Waals surface area contributed by atoms with Crippen LogP contribution in [0.5, 0.6) is 0 Å². The number of nitrogens with zero attached hydrogens (tertiary/aromatic N) is 2. The summed E-state index contributed by atoms with van der Waals surface area (Å²) in [5.41, 5.74) is 7.55. The predicted octanol–water partition coefficient (Wildman–Crippen LogP) is 3.95. The first-order chi connectivity index (χ1) is 13.6. The Morgan fingerprint density at radius 1 is 1.14 bits per heavy atom. The Hall–Kier alpha value is -1.53. The summed E-state index contributed by atoms with van der Waals surface area (Å²) in [7, 11) is 0. The molecule has 1 amide bonds. The lowest BCUT2D eigenvalue weighted by molar-refractivity contribution is 0.0456. The van der Waals surface area contributed by atoms with E-state index in [1.54, 1.807) is 18.4 Å². The van der Waals surface area contributed by atoms with Crippen LogP contribution in [0.25, 0.3) is 0 Å². The van der Waals surface area contributed by atoms with Crippen LogP contribution >= 0.6 is 24.0 Å². The fourth-order valence-corrected chi connectivity index (χ4v) is 4.99. The van der Waals surface area contributed by atoms with E-state index in [0.29, 0.717) is 18.3 Å². The SMILES string of the molecule is Cl.NCC1(c2cccc(Cl)c2)CCC(N2CCN(C(=O)c3ccco3)CC2)CC1. The molecule has 29 heavy (non-hydrogen) atoms. The van der Waals surface area contributed by atoms with Crippen LogP contribution in [-0.2, 0) is 5.41 Å². The molecular formula is C22H29Cl2N3O2. The fourth-order valence-electron chi connectivity index (χ4n) is 4.80. The Kier molecular flexibility index (Phi) is 7.28. The van der Waals surface area contributed by atoms with E-state index in [4.69, 9.17) is 21.8 Å². The molecule has 1 saturated heterocycles. The van der Waals surface area contributed by atoms with Gasteiger partial charge in [-0.2, -0.15) is 0 Å². The minimum atomic E-state index is -0.00333. The Morgan fingerprint density at radius 2 is 1.86 bits per heavy atom. The van der Waals surface area contributed by atoms with Gasteiger partial charge in [0.05, 0.1) is 6.26 Å². The van der Waals surface area contributed by atoms with Gasteiger partial charge in [-0.05, 0) is 55.5 Å². The van der Waals surface area contributed by atoms with Gasteiger partial charge in [0.15, 0.2) is 5.76 Å². The number of halogens is 2. The summed E-state index contributed by atoms with van der Waals surface area (Å²) in [5.74, 6) is 0.428. The fraction of sp³-hybridized carbons (Fsp3) is 0.500. The highest BCUT2D eigenvalue weighted by Crippen LogP contribution is 2.41. The Bertz CT molecular complexity index is 796. The molecule has 1 aromatic carbocycles. The zero-order chi connectivity index (χ0) is 19.6. The summed E-state index contributed by atoms with van der Waals surface area (Å²) in [6.07, 6.45) is 5.99. The molecule has 1 aromatic heterocycles. The van der Waals surface area contributed by atoms with Crippen molar-refractivity contribution in [1.29, 1.82) is 0 Å². The van der Waals surface area contributed by atoms with Crippen molar-refractivity contribution in [2.45, 2.75) is 37.1 Å². The van der Waals surface area contributed by atoms with Crippen molar-refractivity contribution in [3.8, 4) is 0 Å². The number of carbonyl (C=O) groups is 1. The second-order valence-corrected chi connectivity index (χ2v) is 8.47. The van der Waals surface area contributed by atoms with Crippen LogP contribution < -0.4 is 5.73 Å². The topological polar surface area (TPSA) is 62.7 Å². The number of rotatable bonds is 4. The molecule has 1 aliphatic heterocycles. The van der Waals surface area contributed by atoms with E-state index in [2.05, 4.69) is 17.0 Å². The van der Waals surface area contributed by atoms with Crippen LogP contribution in [0.2, 0.25) is 5.02 Å². The monoisotopic (exact) mass is 437 g/mol. The number of nitrogens with two attached hydrogens (primary N) is 1. The molecule has 2 heterocycles. The van der Waals surface area contributed by atoms with Crippen molar-refractivity contribution in [3.63, 3.8) is 0 Å². The van der Waals surface area contributed by atoms with Crippen molar-refractivity contribution in [1.82, 2.24) is 9.80 Å². The average molecular weight is 438 g/mol. The van der Waals surface area contributed by atoms with Crippen LogP contribution in [0.3, 0.4) is 0 Å². The van der Waals surface area contributed by atoms with E-state index in [1.807, 2.05) is 17.0 Å². The van der Waals surface area contributed by atoms with Gasteiger partial charge in [-0.15, -0.1) is 12.4 Å². The van der Waals surface area contributed by atoms with Crippen LogP contribution in [0.4, 0.5) is 0 Å². The summed E-state index contributed by atoms with van der Waals surface area (Å²) < 4.78 is 5.25. The van der Waals surface area contributed by atoms with E-state index < -0.39 is 0 Å². The maximum absolute atomic E-state index is 12.4. The molecule has 158 valence electrons. The Balaban J connectivity index is 0.00000240. The van der Waals surface area contributed by atoms with Crippen LogP contribution in [0.15, 0.2) is 47.1 Å². The number of piperazine rings is 1. The first kappa shape index (κ1) is 22.2. The third-order valence-corrected chi connectivity index (χ3v) is 6.82.